The Morgan fingerprint density at radius 1 is 0.750 bits per heavy atom. The summed E-state index contributed by atoms with van der Waals surface area (Å²) < 4.78 is 33.7. The van der Waals surface area contributed by atoms with Crippen LogP contribution in [-0.2, 0) is 46.0 Å². The fraction of sp³-hybridized carbons (Fsp3) is 0.340. The molecular formula is C53H56Cl2N5O10PS. The standard InChI is InChI=1S/C53H56Cl2N5O10PS/c1-31(2)49(58-53(65)66)52(64)56-33(4)51(63)57-40-22-41-47(39-19-12-11-18-38(39)40)36(24-54)26-59(41)44(61)20-13-21-45(62)60-27-37(25-55)48-42(60)23-43(50-46(48)32(3)30-72-50)70-71(67,68-28-34-14-7-5-8-15-34)69-29-35-16-9-6-10-17-35/h5-12,14-19,22-23,30-31,33,36-37,49,58H,13,20-21,24-29H2,1-4H3,(H,56,64)(H,57,63)(H,65,66)/t33?,36-,37?,49?/m1/s1. The van der Waals surface area contributed by atoms with Crippen LogP contribution < -0.4 is 30.3 Å². The van der Waals surface area contributed by atoms with Crippen molar-refractivity contribution in [2.24, 2.45) is 5.92 Å². The molecule has 19 heteroatoms. The highest BCUT2D eigenvalue weighted by Crippen LogP contribution is 2.56. The molecule has 8 rings (SSSR count). The lowest BCUT2D eigenvalue weighted by Gasteiger charge is -2.23. The molecule has 72 heavy (non-hydrogen) atoms. The number of carboxylic acid groups (broad SMARTS) is 1. The van der Waals surface area contributed by atoms with Gasteiger partial charge in [0.1, 0.15) is 12.1 Å². The number of hydrogen-bond acceptors (Lipinski definition) is 10. The van der Waals surface area contributed by atoms with E-state index in [9.17, 15) is 33.6 Å². The van der Waals surface area contributed by atoms with Crippen LogP contribution >= 0.6 is 42.4 Å². The summed E-state index contributed by atoms with van der Waals surface area (Å²) >= 11 is 14.6. The van der Waals surface area contributed by atoms with Crippen molar-refractivity contribution in [3.63, 3.8) is 0 Å². The fourth-order valence-electron chi connectivity index (χ4n) is 9.35. The molecule has 0 spiro atoms. The van der Waals surface area contributed by atoms with E-state index in [-0.39, 0.29) is 86.1 Å². The highest BCUT2D eigenvalue weighted by atomic mass is 35.5. The van der Waals surface area contributed by atoms with Gasteiger partial charge in [0.05, 0.1) is 29.3 Å². The first-order chi connectivity index (χ1) is 34.6. The molecule has 0 fully saturated rings. The van der Waals surface area contributed by atoms with E-state index in [0.717, 1.165) is 43.3 Å². The third-order valence-corrected chi connectivity index (χ3v) is 16.1. The van der Waals surface area contributed by atoms with Crippen molar-refractivity contribution in [3.05, 3.63) is 130 Å². The van der Waals surface area contributed by atoms with Crippen LogP contribution in [0.3, 0.4) is 0 Å². The van der Waals surface area contributed by atoms with Crippen LogP contribution in [0.1, 0.15) is 79.7 Å². The number of aryl methyl sites for hydroxylation is 1. The van der Waals surface area contributed by atoms with Gasteiger partial charge in [-0.15, -0.1) is 34.5 Å². The number of hydrogen-bond donors (Lipinski definition) is 4. The molecule has 378 valence electrons. The molecule has 2 aliphatic rings. The maximum Gasteiger partial charge on any atom is 0.530 e. The molecule has 6 aromatic rings. The Kier molecular flexibility index (Phi) is 16.6. The maximum atomic E-state index is 14.6. The van der Waals surface area contributed by atoms with Gasteiger partial charge in [0.15, 0.2) is 5.75 Å². The van der Waals surface area contributed by atoms with E-state index in [2.05, 4.69) is 16.0 Å². The molecule has 15 nitrogen and oxygen atoms in total. The van der Waals surface area contributed by atoms with Gasteiger partial charge >= 0.3 is 13.9 Å². The Hall–Kier alpha value is -6.00. The number of nitrogens with one attached hydrogen (secondary N) is 3. The SMILES string of the molecule is Cc1csc2c(OP(=O)(OCc3ccccc3)OCc3ccccc3)cc3c(c12)C(CCl)CN3C(=O)CCCC(=O)N1C[C@@H](CCl)c2c1cc(NC(=O)C(C)NC(=O)C(NC(=O)O)C(C)C)c1ccccc21. The minimum absolute atomic E-state index is 0.0243. The van der Waals surface area contributed by atoms with Crippen LogP contribution in [-0.4, -0.2) is 71.8 Å². The van der Waals surface area contributed by atoms with E-state index >= 15 is 0 Å². The smallest absolute Gasteiger partial charge is 0.465 e. The number of nitrogens with zero attached hydrogens (tertiary/aromatic N) is 2. The molecule has 4 atom stereocenters. The second-order valence-corrected chi connectivity index (χ2v) is 21.4. The molecule has 1 aromatic heterocycles. The van der Waals surface area contributed by atoms with E-state index in [0.29, 0.717) is 29.0 Å². The average molecular weight is 1060 g/mol. The van der Waals surface area contributed by atoms with Gasteiger partial charge in [-0.25, -0.2) is 9.36 Å². The van der Waals surface area contributed by atoms with Crippen molar-refractivity contribution >= 4 is 110 Å². The molecule has 3 unspecified atom stereocenters. The number of phosphoric acid groups is 1. The molecule has 0 radical (unpaired) electrons. The summed E-state index contributed by atoms with van der Waals surface area (Å²) in [6.45, 7) is 7.36. The number of fused-ring (bicyclic) bond motifs is 6. The van der Waals surface area contributed by atoms with Crippen LogP contribution in [0.4, 0.5) is 21.9 Å². The first-order valence-corrected chi connectivity index (χ1v) is 27.1. The van der Waals surface area contributed by atoms with Gasteiger partial charge in [-0.05, 0) is 70.8 Å². The van der Waals surface area contributed by atoms with Crippen molar-refractivity contribution in [3.8, 4) is 5.75 Å². The Labute approximate surface area is 431 Å². The van der Waals surface area contributed by atoms with E-state index in [1.54, 1.807) is 35.8 Å². The number of halogens is 2. The topological polar surface area (TPSA) is 193 Å². The lowest BCUT2D eigenvalue weighted by atomic mass is 9.95. The molecule has 0 saturated carbocycles. The number of anilines is 3. The number of alkyl halides is 2. The van der Waals surface area contributed by atoms with Crippen LogP contribution in [0, 0.1) is 12.8 Å². The molecule has 0 bridgehead atoms. The molecule has 2 aliphatic heterocycles. The zero-order valence-electron chi connectivity index (χ0n) is 40.2. The van der Waals surface area contributed by atoms with Crippen molar-refractivity contribution in [2.45, 2.75) is 84.1 Å². The zero-order chi connectivity index (χ0) is 51.3. The van der Waals surface area contributed by atoms with Crippen molar-refractivity contribution in [2.75, 3.05) is 40.0 Å². The number of carbonyl (C=O) groups is 5. The van der Waals surface area contributed by atoms with Crippen LogP contribution in [0.2, 0.25) is 0 Å². The molecule has 5 amide bonds. The Morgan fingerprint density at radius 2 is 1.29 bits per heavy atom. The lowest BCUT2D eigenvalue weighted by molar-refractivity contribution is -0.128. The Balaban J connectivity index is 1.00. The van der Waals surface area contributed by atoms with Gasteiger partial charge in [-0.3, -0.25) is 28.2 Å². The number of rotatable bonds is 20. The third kappa shape index (κ3) is 11.4. The van der Waals surface area contributed by atoms with E-state index < -0.39 is 37.8 Å². The molecule has 3 heterocycles. The summed E-state index contributed by atoms with van der Waals surface area (Å²) in [6.07, 6.45) is -1.09. The third-order valence-electron chi connectivity index (χ3n) is 12.9. The average Bonchev–Trinajstić information content (AvgIpc) is 4.07. The molecule has 0 aliphatic carbocycles. The summed E-state index contributed by atoms with van der Waals surface area (Å²) in [5.74, 6) is -1.77. The predicted octanol–water partition coefficient (Wildman–Crippen LogP) is 11.2. The number of benzene rings is 5. The van der Waals surface area contributed by atoms with Gasteiger partial charge in [-0.2, -0.15) is 0 Å². The number of thiophene rings is 1. The second-order valence-electron chi connectivity index (χ2n) is 18.3. The summed E-state index contributed by atoms with van der Waals surface area (Å²) in [4.78, 5) is 70.0. The van der Waals surface area contributed by atoms with Gasteiger partial charge in [0.2, 0.25) is 23.6 Å². The molecule has 5 aromatic carbocycles. The monoisotopic (exact) mass is 1060 g/mol. The van der Waals surface area contributed by atoms with Crippen molar-refractivity contribution < 1.29 is 47.2 Å². The summed E-state index contributed by atoms with van der Waals surface area (Å²) in [6, 6.07) is 27.4. The zero-order valence-corrected chi connectivity index (χ0v) is 43.4. The first-order valence-electron chi connectivity index (χ1n) is 23.7. The van der Waals surface area contributed by atoms with Crippen LogP contribution in [0.15, 0.2) is 102 Å². The molecular weight excluding hydrogens is 1000 g/mol. The van der Waals surface area contributed by atoms with E-state index in [4.69, 9.17) is 36.8 Å². The normalized spacial score (nSPS) is 16.1. The summed E-state index contributed by atoms with van der Waals surface area (Å²) in [5.41, 5.74) is 5.80. The van der Waals surface area contributed by atoms with Gasteiger partial charge in [0.25, 0.3) is 0 Å². The highest BCUT2D eigenvalue weighted by molar-refractivity contribution is 7.49. The van der Waals surface area contributed by atoms with Crippen molar-refractivity contribution in [1.29, 1.82) is 0 Å². The quantitative estimate of drug-likeness (QED) is 0.0422. The van der Waals surface area contributed by atoms with E-state index in [1.807, 2.05) is 97.2 Å². The lowest BCUT2D eigenvalue weighted by Crippen LogP contribution is -2.53. The predicted molar refractivity (Wildman–Crippen MR) is 283 cm³/mol. The van der Waals surface area contributed by atoms with Gasteiger partial charge in [0, 0.05) is 72.1 Å². The fourth-order valence-corrected chi connectivity index (χ4v) is 12.1. The largest absolute Gasteiger partial charge is 0.530 e. The van der Waals surface area contributed by atoms with Gasteiger partial charge in [-0.1, -0.05) is 98.8 Å². The van der Waals surface area contributed by atoms with Crippen LogP contribution in [0.5, 0.6) is 5.75 Å². The maximum absolute atomic E-state index is 14.6. The molecule has 4 N–H and O–H groups in total. The summed E-state index contributed by atoms with van der Waals surface area (Å²) in [7, 11) is -4.30. The van der Waals surface area contributed by atoms with Gasteiger partial charge < -0.3 is 35.4 Å². The van der Waals surface area contributed by atoms with Crippen LogP contribution in [0.25, 0.3) is 20.9 Å². The minimum Gasteiger partial charge on any atom is -0.465 e. The summed E-state index contributed by atoms with van der Waals surface area (Å²) in [5, 5.41) is 21.3. The number of phosphoric ester groups is 1. The minimum atomic E-state index is -4.30. The number of carbonyl (C=O) groups excluding carboxylic acids is 4. The number of amides is 5. The van der Waals surface area contributed by atoms with Crippen molar-refractivity contribution in [1.82, 2.24) is 10.6 Å². The Bertz CT molecular complexity index is 3000. The first kappa shape index (κ1) is 52.3. The highest BCUT2D eigenvalue weighted by Gasteiger charge is 2.39. The Morgan fingerprint density at radius 3 is 1.85 bits per heavy atom. The molecule has 0 saturated heterocycles. The second kappa shape index (κ2) is 22.8. The van der Waals surface area contributed by atoms with E-state index in [1.165, 1.54) is 18.3 Å².